The summed E-state index contributed by atoms with van der Waals surface area (Å²) in [7, 11) is 1.53. The molecule has 0 aliphatic carbocycles. The van der Waals surface area contributed by atoms with Gasteiger partial charge in [0.05, 0.1) is 0 Å². The molecule has 24 heavy (non-hydrogen) atoms. The Morgan fingerprint density at radius 3 is 2.33 bits per heavy atom. The lowest BCUT2D eigenvalue weighted by Crippen LogP contribution is -2.30. The van der Waals surface area contributed by atoms with Gasteiger partial charge in [-0.2, -0.15) is 0 Å². The number of benzene rings is 1. The molecular weight excluding hydrogens is 306 g/mol. The molecule has 1 heterocycles. The molecule has 2 amide bonds. The topological polar surface area (TPSA) is 83.2 Å². The fourth-order valence-corrected chi connectivity index (χ4v) is 2.27. The number of carbonyl (C=O) groups is 2. The summed E-state index contributed by atoms with van der Waals surface area (Å²) in [6.45, 7) is 5.63. The summed E-state index contributed by atoms with van der Waals surface area (Å²) in [5, 5.41) is 5.33. The molecule has 128 valence electrons. The lowest BCUT2D eigenvalue weighted by molar-refractivity contribution is 0.0938. The molecule has 2 rings (SSSR count). The van der Waals surface area contributed by atoms with Crippen molar-refractivity contribution in [1.29, 1.82) is 0 Å². The van der Waals surface area contributed by atoms with E-state index in [1.807, 2.05) is 51.1 Å². The zero-order valence-electron chi connectivity index (χ0n) is 14.3. The highest BCUT2D eigenvalue weighted by atomic mass is 16.5. The van der Waals surface area contributed by atoms with Crippen LogP contribution in [0.2, 0.25) is 0 Å². The third-order valence-corrected chi connectivity index (χ3v) is 3.47. The smallest absolute Gasteiger partial charge is 0.271 e. The summed E-state index contributed by atoms with van der Waals surface area (Å²) in [5.74, 6) is -0.272. The molecule has 0 bridgehead atoms. The summed E-state index contributed by atoms with van der Waals surface area (Å²) in [6, 6.07) is 11.2. The van der Waals surface area contributed by atoms with Gasteiger partial charge < -0.3 is 20.4 Å². The average molecular weight is 329 g/mol. The molecule has 6 nitrogen and oxygen atoms in total. The first kappa shape index (κ1) is 17.6. The summed E-state index contributed by atoms with van der Waals surface area (Å²) in [4.78, 5) is 27.1. The number of ether oxygens (including phenoxy) is 1. The van der Waals surface area contributed by atoms with Gasteiger partial charge >= 0.3 is 0 Å². The molecule has 6 heteroatoms. The van der Waals surface area contributed by atoms with Crippen molar-refractivity contribution >= 4 is 11.8 Å². The van der Waals surface area contributed by atoms with E-state index in [4.69, 9.17) is 4.74 Å². The van der Waals surface area contributed by atoms with Crippen LogP contribution >= 0.6 is 0 Å². The molecule has 3 N–H and O–H groups in total. The van der Waals surface area contributed by atoms with Crippen molar-refractivity contribution in [1.82, 2.24) is 15.6 Å². The van der Waals surface area contributed by atoms with E-state index in [1.54, 1.807) is 6.07 Å². The quantitative estimate of drug-likeness (QED) is 0.762. The van der Waals surface area contributed by atoms with Crippen LogP contribution in [0.1, 0.15) is 53.4 Å². The second-order valence-corrected chi connectivity index (χ2v) is 5.80. The van der Waals surface area contributed by atoms with E-state index < -0.39 is 0 Å². The fraction of sp³-hybridized carbons (Fsp3) is 0.333. The fourth-order valence-electron chi connectivity index (χ4n) is 2.27. The van der Waals surface area contributed by atoms with Crippen molar-refractivity contribution in [2.75, 3.05) is 7.05 Å². The summed E-state index contributed by atoms with van der Waals surface area (Å²) in [5.41, 5.74) is 1.50. The largest absolute Gasteiger partial charge is 0.484 e. The third kappa shape index (κ3) is 4.16. The molecule has 0 unspecified atom stereocenters. The average Bonchev–Trinajstić information content (AvgIpc) is 2.98. The molecule has 0 aliphatic rings. The lowest BCUT2D eigenvalue weighted by Gasteiger charge is -2.14. The maximum Gasteiger partial charge on any atom is 0.271 e. The molecule has 0 fully saturated rings. The van der Waals surface area contributed by atoms with Gasteiger partial charge in [0, 0.05) is 19.2 Å². The minimum atomic E-state index is -0.339. The molecule has 0 radical (unpaired) electrons. The van der Waals surface area contributed by atoms with Crippen LogP contribution in [-0.4, -0.2) is 29.9 Å². The van der Waals surface area contributed by atoms with Crippen LogP contribution in [0, 0.1) is 0 Å². The van der Waals surface area contributed by atoms with Gasteiger partial charge in [0.1, 0.15) is 17.5 Å². The minimum Gasteiger partial charge on any atom is -0.484 e. The summed E-state index contributed by atoms with van der Waals surface area (Å²) < 4.78 is 5.92. The number of rotatable bonds is 6. The molecule has 0 saturated carbocycles. The molecule has 1 aromatic heterocycles. The summed E-state index contributed by atoms with van der Waals surface area (Å²) >= 11 is 0. The highest BCUT2D eigenvalue weighted by molar-refractivity contribution is 5.99. The van der Waals surface area contributed by atoms with E-state index in [-0.39, 0.29) is 35.3 Å². The maximum absolute atomic E-state index is 12.2. The first-order valence-electron chi connectivity index (χ1n) is 7.90. The monoisotopic (exact) mass is 329 g/mol. The van der Waals surface area contributed by atoms with Crippen molar-refractivity contribution < 1.29 is 14.3 Å². The number of aromatic amines is 1. The van der Waals surface area contributed by atoms with E-state index in [0.717, 1.165) is 5.56 Å². The van der Waals surface area contributed by atoms with Gasteiger partial charge in [-0.05, 0) is 26.3 Å². The van der Waals surface area contributed by atoms with E-state index >= 15 is 0 Å². The van der Waals surface area contributed by atoms with Crippen LogP contribution in [0.15, 0.2) is 36.4 Å². The van der Waals surface area contributed by atoms with Gasteiger partial charge in [-0.1, -0.05) is 30.3 Å². The number of aromatic nitrogens is 1. The van der Waals surface area contributed by atoms with Gasteiger partial charge in [0.25, 0.3) is 11.8 Å². The van der Waals surface area contributed by atoms with E-state index in [0.29, 0.717) is 5.75 Å². The number of hydrogen-bond acceptors (Lipinski definition) is 3. The van der Waals surface area contributed by atoms with Crippen LogP contribution in [0.3, 0.4) is 0 Å². The van der Waals surface area contributed by atoms with Crippen molar-refractivity contribution in [3.63, 3.8) is 0 Å². The Hall–Kier alpha value is -2.76. The maximum atomic E-state index is 12.2. The third-order valence-electron chi connectivity index (χ3n) is 3.47. The molecular formula is C18H23N3O3. The highest BCUT2D eigenvalue weighted by Crippen LogP contribution is 2.26. The normalized spacial score (nSPS) is 11.9. The standard InChI is InChI=1S/C18H23N3O3/c1-11(2)20-17(22)14-10-15(16(21-14)18(23)19-4)24-12(3)13-8-6-5-7-9-13/h5-12,21H,1-4H3,(H,19,23)(H,20,22)/t12-/m1/s1. The Morgan fingerprint density at radius 2 is 1.75 bits per heavy atom. The van der Waals surface area contributed by atoms with Crippen LogP contribution in [0.4, 0.5) is 0 Å². The number of hydrogen-bond donors (Lipinski definition) is 3. The predicted octanol–water partition coefficient (Wildman–Crippen LogP) is 2.65. The zero-order valence-corrected chi connectivity index (χ0v) is 14.3. The van der Waals surface area contributed by atoms with Crippen molar-refractivity contribution in [3.8, 4) is 5.75 Å². The second kappa shape index (κ2) is 7.68. The zero-order chi connectivity index (χ0) is 17.7. The van der Waals surface area contributed by atoms with E-state index in [9.17, 15) is 9.59 Å². The number of H-pyrrole nitrogens is 1. The van der Waals surface area contributed by atoms with Crippen molar-refractivity contribution in [3.05, 3.63) is 53.3 Å². The Kier molecular flexibility index (Phi) is 5.63. The van der Waals surface area contributed by atoms with Crippen LogP contribution in [0.5, 0.6) is 5.75 Å². The van der Waals surface area contributed by atoms with E-state index in [2.05, 4.69) is 15.6 Å². The van der Waals surface area contributed by atoms with Crippen molar-refractivity contribution in [2.45, 2.75) is 32.9 Å². The van der Waals surface area contributed by atoms with Gasteiger partial charge in [0.15, 0.2) is 5.75 Å². The second-order valence-electron chi connectivity index (χ2n) is 5.80. The lowest BCUT2D eigenvalue weighted by atomic mass is 10.1. The molecule has 0 spiro atoms. The Labute approximate surface area is 141 Å². The van der Waals surface area contributed by atoms with Crippen molar-refractivity contribution in [2.24, 2.45) is 0 Å². The molecule has 1 aromatic carbocycles. The molecule has 0 saturated heterocycles. The number of nitrogens with one attached hydrogen (secondary N) is 3. The Bertz CT molecular complexity index is 708. The Balaban J connectivity index is 2.28. The summed E-state index contributed by atoms with van der Waals surface area (Å²) in [6.07, 6.45) is -0.258. The minimum absolute atomic E-state index is 0.00291. The predicted molar refractivity (Wildman–Crippen MR) is 92.3 cm³/mol. The SMILES string of the molecule is CNC(=O)c1[nH]c(C(=O)NC(C)C)cc1O[C@H](C)c1ccccc1. The number of amides is 2. The van der Waals surface area contributed by atoms with Gasteiger partial charge in [-0.3, -0.25) is 9.59 Å². The van der Waals surface area contributed by atoms with Gasteiger partial charge in [0.2, 0.25) is 0 Å². The van der Waals surface area contributed by atoms with Crippen LogP contribution in [-0.2, 0) is 0 Å². The highest BCUT2D eigenvalue weighted by Gasteiger charge is 2.21. The molecule has 0 aliphatic heterocycles. The molecule has 1 atom stereocenters. The van der Waals surface area contributed by atoms with Gasteiger partial charge in [-0.25, -0.2) is 0 Å². The number of carbonyl (C=O) groups excluding carboxylic acids is 2. The van der Waals surface area contributed by atoms with Crippen LogP contribution < -0.4 is 15.4 Å². The van der Waals surface area contributed by atoms with Crippen LogP contribution in [0.25, 0.3) is 0 Å². The Morgan fingerprint density at radius 1 is 1.08 bits per heavy atom. The molecule has 2 aromatic rings. The van der Waals surface area contributed by atoms with E-state index in [1.165, 1.54) is 7.05 Å². The first-order valence-corrected chi connectivity index (χ1v) is 7.90. The van der Waals surface area contributed by atoms with Gasteiger partial charge in [-0.15, -0.1) is 0 Å². The first-order chi connectivity index (χ1) is 11.4.